The van der Waals surface area contributed by atoms with Crippen LogP contribution in [0, 0.1) is 0 Å². The second-order valence-electron chi connectivity index (χ2n) is 5.70. The van der Waals surface area contributed by atoms with Crippen molar-refractivity contribution in [2.75, 3.05) is 18.5 Å². The van der Waals surface area contributed by atoms with E-state index in [-0.39, 0.29) is 18.7 Å². The molecule has 1 saturated carbocycles. The molecule has 1 unspecified atom stereocenters. The molecule has 0 spiro atoms. The number of nitrogens with zero attached hydrogens (tertiary/aromatic N) is 1. The van der Waals surface area contributed by atoms with Gasteiger partial charge in [-0.05, 0) is 50.3 Å². The van der Waals surface area contributed by atoms with Gasteiger partial charge in [-0.1, -0.05) is 12.1 Å². The van der Waals surface area contributed by atoms with E-state index >= 15 is 0 Å². The highest BCUT2D eigenvalue weighted by Crippen LogP contribution is 2.26. The molecule has 4 N–H and O–H groups in total. The molecule has 1 aliphatic rings. The number of benzene rings is 1. The van der Waals surface area contributed by atoms with Crippen LogP contribution in [-0.4, -0.2) is 35.2 Å². The molecule has 0 radical (unpaired) electrons. The van der Waals surface area contributed by atoms with Gasteiger partial charge < -0.3 is 21.1 Å². The molecule has 1 aliphatic carbocycles. The molecule has 0 heterocycles. The van der Waals surface area contributed by atoms with Crippen molar-refractivity contribution in [2.24, 2.45) is 5.73 Å². The Hall–Kier alpha value is -1.59. The van der Waals surface area contributed by atoms with E-state index in [1.807, 2.05) is 36.1 Å². The Kier molecular flexibility index (Phi) is 5.59. The van der Waals surface area contributed by atoms with Gasteiger partial charge in [0.25, 0.3) is 0 Å². The number of hydrogen-bond acceptors (Lipinski definition) is 3. The van der Waals surface area contributed by atoms with Gasteiger partial charge in [0.05, 0.1) is 0 Å². The lowest BCUT2D eigenvalue weighted by Crippen LogP contribution is -2.47. The maximum atomic E-state index is 12.4. The zero-order valence-corrected chi connectivity index (χ0v) is 12.6. The molecular weight excluding hydrogens is 266 g/mol. The lowest BCUT2D eigenvalue weighted by Gasteiger charge is -2.37. The van der Waals surface area contributed by atoms with Crippen LogP contribution in [0.15, 0.2) is 24.3 Å². The fraction of sp³-hybridized carbons (Fsp3) is 0.562. The molecule has 5 heteroatoms. The minimum Gasteiger partial charge on any atom is -0.396 e. The maximum absolute atomic E-state index is 12.4. The molecule has 0 bridgehead atoms. The van der Waals surface area contributed by atoms with Crippen molar-refractivity contribution in [1.82, 2.24) is 4.90 Å². The monoisotopic (exact) mass is 291 g/mol. The minimum absolute atomic E-state index is 0.0565. The molecule has 2 amide bonds. The van der Waals surface area contributed by atoms with Crippen LogP contribution in [0.2, 0.25) is 0 Å². The van der Waals surface area contributed by atoms with E-state index in [9.17, 15) is 4.79 Å². The van der Waals surface area contributed by atoms with Crippen LogP contribution in [0.1, 0.15) is 44.2 Å². The van der Waals surface area contributed by atoms with Gasteiger partial charge in [-0.15, -0.1) is 0 Å². The van der Waals surface area contributed by atoms with E-state index < -0.39 is 0 Å². The van der Waals surface area contributed by atoms with Gasteiger partial charge in [0, 0.05) is 30.9 Å². The van der Waals surface area contributed by atoms with Crippen LogP contribution < -0.4 is 11.1 Å². The number of aliphatic hydroxyl groups excluding tert-OH is 1. The Morgan fingerprint density at radius 3 is 2.86 bits per heavy atom. The van der Waals surface area contributed by atoms with E-state index in [2.05, 4.69) is 5.32 Å². The number of nitrogens with two attached hydrogens (primary N) is 1. The van der Waals surface area contributed by atoms with Crippen molar-refractivity contribution in [1.29, 1.82) is 0 Å². The minimum atomic E-state index is -0.0880. The molecule has 0 aromatic heterocycles. The molecule has 5 nitrogen and oxygen atoms in total. The lowest BCUT2D eigenvalue weighted by atomic mass is 9.91. The summed E-state index contributed by atoms with van der Waals surface area (Å²) in [5.41, 5.74) is 7.63. The van der Waals surface area contributed by atoms with E-state index in [4.69, 9.17) is 10.8 Å². The number of rotatable bonds is 6. The molecule has 0 aliphatic heterocycles. The van der Waals surface area contributed by atoms with Crippen LogP contribution in [-0.2, 0) is 0 Å². The number of aliphatic hydroxyl groups is 1. The van der Waals surface area contributed by atoms with Crippen LogP contribution >= 0.6 is 0 Å². The third-order valence-electron chi connectivity index (χ3n) is 4.00. The first-order valence-electron chi connectivity index (χ1n) is 7.66. The predicted molar refractivity (Wildman–Crippen MR) is 84.1 cm³/mol. The Labute approximate surface area is 126 Å². The van der Waals surface area contributed by atoms with Crippen molar-refractivity contribution >= 4 is 11.7 Å². The highest BCUT2D eigenvalue weighted by Gasteiger charge is 2.28. The first-order valence-corrected chi connectivity index (χ1v) is 7.66. The smallest absolute Gasteiger partial charge is 0.322 e. The fourth-order valence-electron chi connectivity index (χ4n) is 2.48. The average molecular weight is 291 g/mol. The first kappa shape index (κ1) is 15.8. The zero-order chi connectivity index (χ0) is 15.2. The molecule has 1 aromatic rings. The molecule has 2 rings (SSSR count). The number of carbonyl (C=O) groups excluding carboxylic acids is 1. The Morgan fingerprint density at radius 2 is 2.29 bits per heavy atom. The Balaban J connectivity index is 2.01. The van der Waals surface area contributed by atoms with Crippen molar-refractivity contribution in [3.63, 3.8) is 0 Å². The van der Waals surface area contributed by atoms with E-state index in [1.165, 1.54) is 6.42 Å². The first-order chi connectivity index (χ1) is 10.1. The van der Waals surface area contributed by atoms with Gasteiger partial charge >= 0.3 is 6.03 Å². The number of urea groups is 1. The summed E-state index contributed by atoms with van der Waals surface area (Å²) in [5.74, 6) is 0. The van der Waals surface area contributed by atoms with Gasteiger partial charge in [0.1, 0.15) is 0 Å². The summed E-state index contributed by atoms with van der Waals surface area (Å²) in [6, 6.07) is 7.80. The Bertz CT molecular complexity index is 472. The average Bonchev–Trinajstić information content (AvgIpc) is 2.41. The number of nitrogens with one attached hydrogen (secondary N) is 1. The molecular formula is C16H25N3O2. The molecule has 1 aromatic carbocycles. The van der Waals surface area contributed by atoms with Crippen molar-refractivity contribution in [3.05, 3.63) is 29.8 Å². The summed E-state index contributed by atoms with van der Waals surface area (Å²) in [4.78, 5) is 14.3. The third kappa shape index (κ3) is 4.19. The zero-order valence-electron chi connectivity index (χ0n) is 12.6. The third-order valence-corrected chi connectivity index (χ3v) is 4.00. The lowest BCUT2D eigenvalue weighted by molar-refractivity contribution is 0.140. The molecule has 0 saturated heterocycles. The molecule has 1 fully saturated rings. The highest BCUT2D eigenvalue weighted by molar-refractivity contribution is 5.89. The summed E-state index contributed by atoms with van der Waals surface area (Å²) in [6.45, 7) is 2.62. The van der Waals surface area contributed by atoms with Crippen LogP contribution in [0.3, 0.4) is 0 Å². The van der Waals surface area contributed by atoms with Gasteiger partial charge in [-0.2, -0.15) is 0 Å². The summed E-state index contributed by atoms with van der Waals surface area (Å²) in [5, 5.41) is 11.9. The Morgan fingerprint density at radius 1 is 1.52 bits per heavy atom. The normalized spacial score (nSPS) is 16.1. The second kappa shape index (κ2) is 7.43. The number of amides is 2. The van der Waals surface area contributed by atoms with Gasteiger partial charge in [-0.25, -0.2) is 4.79 Å². The van der Waals surface area contributed by atoms with E-state index in [0.29, 0.717) is 19.0 Å². The van der Waals surface area contributed by atoms with E-state index in [0.717, 1.165) is 24.1 Å². The molecule has 116 valence electrons. The molecule has 21 heavy (non-hydrogen) atoms. The second-order valence-corrected chi connectivity index (χ2v) is 5.70. The molecule has 1 atom stereocenters. The van der Waals surface area contributed by atoms with Crippen molar-refractivity contribution in [2.45, 2.75) is 44.7 Å². The quantitative estimate of drug-likeness (QED) is 0.753. The van der Waals surface area contributed by atoms with Crippen molar-refractivity contribution in [3.8, 4) is 0 Å². The summed E-state index contributed by atoms with van der Waals surface area (Å²) in [6.07, 6.45) is 3.90. The number of anilines is 1. The SMILES string of the molecule is CC(N)c1cccc(NC(=O)N(CCCO)C2CCC2)c1. The fourth-order valence-corrected chi connectivity index (χ4v) is 2.48. The standard InChI is InChI=1S/C16H25N3O2/c1-12(17)13-5-2-6-14(11-13)18-16(21)19(9-4-10-20)15-7-3-8-15/h2,5-6,11-12,15,20H,3-4,7-10,17H2,1H3,(H,18,21). The largest absolute Gasteiger partial charge is 0.396 e. The van der Waals surface area contributed by atoms with Crippen LogP contribution in [0.25, 0.3) is 0 Å². The van der Waals surface area contributed by atoms with Crippen LogP contribution in [0.4, 0.5) is 10.5 Å². The summed E-state index contributed by atoms with van der Waals surface area (Å²) >= 11 is 0. The highest BCUT2D eigenvalue weighted by atomic mass is 16.3. The topological polar surface area (TPSA) is 78.6 Å². The number of carbonyl (C=O) groups is 1. The van der Waals surface area contributed by atoms with Gasteiger partial charge in [0.15, 0.2) is 0 Å². The predicted octanol–water partition coefficient (Wildman–Crippen LogP) is 2.48. The van der Waals surface area contributed by atoms with Gasteiger partial charge in [-0.3, -0.25) is 0 Å². The summed E-state index contributed by atoms with van der Waals surface area (Å²) in [7, 11) is 0. The van der Waals surface area contributed by atoms with E-state index in [1.54, 1.807) is 0 Å². The van der Waals surface area contributed by atoms with Gasteiger partial charge in [0.2, 0.25) is 0 Å². The maximum Gasteiger partial charge on any atom is 0.322 e. The summed E-state index contributed by atoms with van der Waals surface area (Å²) < 4.78 is 0. The van der Waals surface area contributed by atoms with Crippen LogP contribution in [0.5, 0.6) is 0 Å². The number of hydrogen-bond donors (Lipinski definition) is 3. The van der Waals surface area contributed by atoms with Crippen molar-refractivity contribution < 1.29 is 9.90 Å².